The van der Waals surface area contributed by atoms with Crippen LogP contribution in [-0.2, 0) is 14.8 Å². The van der Waals surface area contributed by atoms with Crippen LogP contribution in [0.3, 0.4) is 0 Å². The molecule has 1 N–H and O–H groups in total. The first-order valence-corrected chi connectivity index (χ1v) is 10.5. The van der Waals surface area contributed by atoms with E-state index in [1.54, 1.807) is 49.4 Å². The average Bonchev–Trinajstić information content (AvgIpc) is 2.51. The molecule has 0 spiro atoms. The van der Waals surface area contributed by atoms with Gasteiger partial charge in [0.25, 0.3) is 0 Å². The van der Waals surface area contributed by atoms with E-state index in [0.29, 0.717) is 27.8 Å². The second-order valence-corrected chi connectivity index (χ2v) is 8.70. The summed E-state index contributed by atoms with van der Waals surface area (Å²) < 4.78 is 25.9. The van der Waals surface area contributed by atoms with Crippen LogP contribution in [0.1, 0.15) is 18.9 Å². The van der Waals surface area contributed by atoms with Gasteiger partial charge < -0.3 is 5.32 Å². The molecule has 0 saturated heterocycles. The number of carbonyl (C=O) groups excluding carboxylic acids is 1. The molecule has 8 heteroatoms. The molecule has 2 aromatic rings. The minimum atomic E-state index is -3.68. The Morgan fingerprint density at radius 1 is 1.12 bits per heavy atom. The first kappa shape index (κ1) is 20.6. The summed E-state index contributed by atoms with van der Waals surface area (Å²) in [6.45, 7) is 3.66. The lowest BCUT2D eigenvalue weighted by molar-refractivity contribution is -0.117. The van der Waals surface area contributed by atoms with Crippen molar-refractivity contribution in [3.05, 3.63) is 58.1 Å². The number of nitrogens with one attached hydrogen (secondary N) is 1. The Balaban J connectivity index is 2.37. The van der Waals surface area contributed by atoms with Gasteiger partial charge in [0.15, 0.2) is 0 Å². The zero-order valence-corrected chi connectivity index (χ0v) is 17.0. The van der Waals surface area contributed by atoms with Crippen molar-refractivity contribution in [2.75, 3.05) is 15.9 Å². The lowest BCUT2D eigenvalue weighted by Crippen LogP contribution is -2.47. The number of hydrogen-bond acceptors (Lipinski definition) is 3. The summed E-state index contributed by atoms with van der Waals surface area (Å²) in [5, 5.41) is 3.44. The Labute approximate surface area is 164 Å². The largest absolute Gasteiger partial charge is 0.324 e. The van der Waals surface area contributed by atoms with Gasteiger partial charge in [-0.05, 0) is 43.7 Å². The van der Waals surface area contributed by atoms with Crippen LogP contribution in [0.4, 0.5) is 11.4 Å². The van der Waals surface area contributed by atoms with E-state index in [2.05, 4.69) is 5.32 Å². The van der Waals surface area contributed by atoms with Gasteiger partial charge in [0.2, 0.25) is 15.9 Å². The first-order chi connectivity index (χ1) is 12.1. The molecule has 140 valence electrons. The predicted molar refractivity (Wildman–Crippen MR) is 108 cm³/mol. The van der Waals surface area contributed by atoms with Crippen molar-refractivity contribution in [1.29, 1.82) is 0 Å². The first-order valence-electron chi connectivity index (χ1n) is 7.95. The molecule has 0 aliphatic heterocycles. The minimum absolute atomic E-state index is 0.293. The van der Waals surface area contributed by atoms with Gasteiger partial charge in [-0.2, -0.15) is 0 Å². The molecule has 0 heterocycles. The normalized spacial score (nSPS) is 12.5. The van der Waals surface area contributed by atoms with Crippen LogP contribution in [0, 0.1) is 6.92 Å². The third-order valence-electron chi connectivity index (χ3n) is 3.75. The zero-order chi connectivity index (χ0) is 19.5. The van der Waals surface area contributed by atoms with Crippen molar-refractivity contribution in [2.45, 2.75) is 26.3 Å². The molecule has 0 saturated carbocycles. The Hall–Kier alpha value is -1.76. The molecule has 1 amide bonds. The van der Waals surface area contributed by atoms with E-state index in [1.165, 1.54) is 0 Å². The molecule has 0 fully saturated rings. The van der Waals surface area contributed by atoms with Crippen LogP contribution in [-0.4, -0.2) is 26.6 Å². The quantitative estimate of drug-likeness (QED) is 0.756. The zero-order valence-electron chi connectivity index (χ0n) is 14.7. The van der Waals surface area contributed by atoms with Crippen LogP contribution in [0.2, 0.25) is 10.0 Å². The average molecular weight is 415 g/mol. The number of benzene rings is 2. The van der Waals surface area contributed by atoms with Gasteiger partial charge in [-0.1, -0.05) is 47.8 Å². The van der Waals surface area contributed by atoms with Gasteiger partial charge in [0, 0.05) is 15.7 Å². The molecule has 0 unspecified atom stereocenters. The van der Waals surface area contributed by atoms with Crippen molar-refractivity contribution < 1.29 is 13.2 Å². The van der Waals surface area contributed by atoms with Crippen molar-refractivity contribution >= 4 is 50.5 Å². The van der Waals surface area contributed by atoms with E-state index in [1.807, 2.05) is 6.92 Å². The maximum atomic E-state index is 12.8. The van der Waals surface area contributed by atoms with Crippen LogP contribution in [0.5, 0.6) is 0 Å². The molecule has 2 rings (SSSR count). The fraction of sp³-hybridized carbons (Fsp3) is 0.278. The molecule has 0 radical (unpaired) electrons. The summed E-state index contributed by atoms with van der Waals surface area (Å²) in [7, 11) is -3.68. The Morgan fingerprint density at radius 2 is 1.65 bits per heavy atom. The number of sulfonamides is 1. The van der Waals surface area contributed by atoms with Crippen LogP contribution in [0.25, 0.3) is 0 Å². The lowest BCUT2D eigenvalue weighted by Gasteiger charge is -2.30. The highest BCUT2D eigenvalue weighted by Gasteiger charge is 2.31. The van der Waals surface area contributed by atoms with Gasteiger partial charge in [-0.25, -0.2) is 8.42 Å². The lowest BCUT2D eigenvalue weighted by atomic mass is 10.1. The fourth-order valence-electron chi connectivity index (χ4n) is 2.60. The summed E-state index contributed by atoms with van der Waals surface area (Å²) in [4.78, 5) is 12.8. The smallest absolute Gasteiger partial charge is 0.248 e. The van der Waals surface area contributed by atoms with Crippen molar-refractivity contribution in [1.82, 2.24) is 0 Å². The Kier molecular flexibility index (Phi) is 6.55. The Bertz CT molecular complexity index is 879. The van der Waals surface area contributed by atoms with Gasteiger partial charge in [-0.3, -0.25) is 9.10 Å². The van der Waals surface area contributed by atoms with Crippen molar-refractivity contribution in [3.63, 3.8) is 0 Å². The molecule has 0 bridgehead atoms. The highest BCUT2D eigenvalue weighted by molar-refractivity contribution is 7.92. The molecule has 0 aliphatic rings. The van der Waals surface area contributed by atoms with E-state index < -0.39 is 22.0 Å². The van der Waals surface area contributed by atoms with Crippen molar-refractivity contribution in [3.8, 4) is 0 Å². The molecule has 0 aromatic heterocycles. The van der Waals surface area contributed by atoms with E-state index in [9.17, 15) is 13.2 Å². The second kappa shape index (κ2) is 8.29. The molecule has 26 heavy (non-hydrogen) atoms. The van der Waals surface area contributed by atoms with E-state index in [0.717, 1.165) is 16.1 Å². The summed E-state index contributed by atoms with van der Waals surface area (Å²) in [5.74, 6) is -0.461. The maximum absolute atomic E-state index is 12.8. The summed E-state index contributed by atoms with van der Waals surface area (Å²) in [6.07, 6.45) is 1.38. The van der Waals surface area contributed by atoms with Gasteiger partial charge in [-0.15, -0.1) is 0 Å². The summed E-state index contributed by atoms with van der Waals surface area (Å²) in [5.41, 5.74) is 1.83. The van der Waals surface area contributed by atoms with Gasteiger partial charge in [0.05, 0.1) is 11.9 Å². The molecule has 5 nitrogen and oxygen atoms in total. The second-order valence-electron chi connectivity index (χ2n) is 5.97. The van der Waals surface area contributed by atoms with Crippen LogP contribution >= 0.6 is 23.2 Å². The van der Waals surface area contributed by atoms with E-state index >= 15 is 0 Å². The van der Waals surface area contributed by atoms with Gasteiger partial charge >= 0.3 is 0 Å². The molecule has 2 aromatic carbocycles. The summed E-state index contributed by atoms with van der Waals surface area (Å²) in [6, 6.07) is 10.7. The van der Waals surface area contributed by atoms with Crippen molar-refractivity contribution in [2.24, 2.45) is 0 Å². The molecular weight excluding hydrogens is 395 g/mol. The SMILES string of the molecule is CC[C@@H](C(=O)Nc1cc(Cl)cc(Cl)c1)N(c1ccc(C)cc1)S(C)(=O)=O. The summed E-state index contributed by atoms with van der Waals surface area (Å²) >= 11 is 11.9. The highest BCUT2D eigenvalue weighted by Crippen LogP contribution is 2.26. The van der Waals surface area contributed by atoms with E-state index in [-0.39, 0.29) is 0 Å². The Morgan fingerprint density at radius 3 is 2.12 bits per heavy atom. The number of hydrogen-bond donors (Lipinski definition) is 1. The number of amides is 1. The molecular formula is C18H20Cl2N2O3S. The third kappa shape index (κ3) is 5.13. The standard InChI is InChI=1S/C18H20Cl2N2O3S/c1-4-17(18(23)21-15-10-13(19)9-14(20)11-15)22(26(3,24)25)16-7-5-12(2)6-8-16/h5-11,17H,4H2,1-3H3,(H,21,23)/t17-/m0/s1. The number of nitrogens with zero attached hydrogens (tertiary/aromatic N) is 1. The number of carbonyl (C=O) groups is 1. The number of rotatable bonds is 6. The molecule has 0 aliphatic carbocycles. The monoisotopic (exact) mass is 414 g/mol. The predicted octanol–water partition coefficient (Wildman–Crippen LogP) is 4.49. The third-order valence-corrected chi connectivity index (χ3v) is 5.36. The number of anilines is 2. The maximum Gasteiger partial charge on any atom is 0.248 e. The minimum Gasteiger partial charge on any atom is -0.324 e. The van der Waals surface area contributed by atoms with Crippen LogP contribution in [0.15, 0.2) is 42.5 Å². The highest BCUT2D eigenvalue weighted by atomic mass is 35.5. The van der Waals surface area contributed by atoms with Gasteiger partial charge in [0.1, 0.15) is 6.04 Å². The fourth-order valence-corrected chi connectivity index (χ4v) is 4.34. The van der Waals surface area contributed by atoms with Crippen LogP contribution < -0.4 is 9.62 Å². The van der Waals surface area contributed by atoms with E-state index in [4.69, 9.17) is 23.2 Å². The number of aryl methyl sites for hydroxylation is 1. The topological polar surface area (TPSA) is 66.5 Å². The molecule has 1 atom stereocenters. The number of halogens is 2.